The Morgan fingerprint density at radius 1 is 0.860 bits per heavy atom. The first-order valence-electron chi connectivity index (χ1n) is 15.3. The Morgan fingerprint density at radius 3 is 2.05 bits per heavy atom. The van der Waals surface area contributed by atoms with Gasteiger partial charge in [-0.3, -0.25) is 4.90 Å². The number of hydrazine groups is 1. The summed E-state index contributed by atoms with van der Waals surface area (Å²) in [5.41, 5.74) is 4.94. The van der Waals surface area contributed by atoms with Gasteiger partial charge < -0.3 is 18.9 Å². The van der Waals surface area contributed by atoms with Crippen molar-refractivity contribution in [2.24, 2.45) is 0 Å². The third-order valence-electron chi connectivity index (χ3n) is 8.45. The maximum atomic E-state index is 6.35. The van der Waals surface area contributed by atoms with Crippen LogP contribution < -0.4 is 20.1 Å². The van der Waals surface area contributed by atoms with Gasteiger partial charge in [0.25, 0.3) is 0 Å². The van der Waals surface area contributed by atoms with Gasteiger partial charge in [0, 0.05) is 32.0 Å². The number of benzene rings is 1. The van der Waals surface area contributed by atoms with Crippen molar-refractivity contribution in [2.75, 3.05) is 42.8 Å². The van der Waals surface area contributed by atoms with E-state index >= 15 is 0 Å². The lowest BCUT2D eigenvalue weighted by atomic mass is 10.0. The van der Waals surface area contributed by atoms with Crippen LogP contribution in [0.3, 0.4) is 0 Å². The Morgan fingerprint density at radius 2 is 1.47 bits per heavy atom. The molecule has 2 fully saturated rings. The minimum absolute atomic E-state index is 0.124. The van der Waals surface area contributed by atoms with Gasteiger partial charge in [0.1, 0.15) is 16.8 Å². The fraction of sp³-hybridized carbons (Fsp3) is 0.438. The molecule has 11 heteroatoms. The van der Waals surface area contributed by atoms with Crippen LogP contribution in [0.2, 0.25) is 0 Å². The van der Waals surface area contributed by atoms with Crippen molar-refractivity contribution in [1.29, 1.82) is 0 Å². The van der Waals surface area contributed by atoms with Crippen molar-refractivity contribution < 1.29 is 13.6 Å². The Labute approximate surface area is 250 Å². The second-order valence-electron chi connectivity index (χ2n) is 11.4. The lowest BCUT2D eigenvalue weighted by Gasteiger charge is -2.46. The smallest absolute Gasteiger partial charge is 0.319 e. The van der Waals surface area contributed by atoms with E-state index < -0.39 is 0 Å². The zero-order valence-electron chi connectivity index (χ0n) is 24.8. The molecule has 2 saturated heterocycles. The SMILES string of the molecule is CCOc1cc(CN2CCC(N(c3nc4cccnc4o3)N(c3nc4cccnc4o3)C3CCNCC3)CC2)ccc1C. The third-order valence-corrected chi connectivity index (χ3v) is 8.45. The van der Waals surface area contributed by atoms with Crippen LogP contribution in [0.5, 0.6) is 5.75 Å². The molecule has 7 rings (SSSR count). The maximum Gasteiger partial charge on any atom is 0.319 e. The summed E-state index contributed by atoms with van der Waals surface area (Å²) in [7, 11) is 0. The van der Waals surface area contributed by atoms with E-state index in [1.807, 2.05) is 31.2 Å². The summed E-state index contributed by atoms with van der Waals surface area (Å²) in [4.78, 5) is 21.2. The van der Waals surface area contributed by atoms with Gasteiger partial charge in [-0.1, -0.05) is 12.1 Å². The van der Waals surface area contributed by atoms with Crippen LogP contribution >= 0.6 is 0 Å². The molecule has 0 spiro atoms. The zero-order chi connectivity index (χ0) is 29.2. The largest absolute Gasteiger partial charge is 0.494 e. The number of anilines is 2. The average Bonchev–Trinajstić information content (AvgIpc) is 3.67. The molecule has 11 nitrogen and oxygen atoms in total. The Balaban J connectivity index is 1.21. The first kappa shape index (κ1) is 27.6. The third kappa shape index (κ3) is 5.74. The second kappa shape index (κ2) is 12.2. The molecule has 6 heterocycles. The summed E-state index contributed by atoms with van der Waals surface area (Å²) < 4.78 is 18.5. The Hall–Kier alpha value is -4.22. The van der Waals surface area contributed by atoms with Crippen LogP contribution in [0.25, 0.3) is 22.5 Å². The quantitative estimate of drug-likeness (QED) is 0.234. The number of pyridine rings is 2. The van der Waals surface area contributed by atoms with Gasteiger partial charge in [-0.15, -0.1) is 0 Å². The monoisotopic (exact) mass is 582 g/mol. The molecule has 43 heavy (non-hydrogen) atoms. The van der Waals surface area contributed by atoms with E-state index in [4.69, 9.17) is 23.5 Å². The molecular weight excluding hydrogens is 544 g/mol. The number of oxazole rings is 2. The minimum atomic E-state index is 0.124. The van der Waals surface area contributed by atoms with Crippen LogP contribution in [0.4, 0.5) is 12.0 Å². The van der Waals surface area contributed by atoms with E-state index in [1.165, 1.54) is 11.1 Å². The molecule has 0 amide bonds. The molecule has 4 aromatic heterocycles. The number of aromatic nitrogens is 4. The van der Waals surface area contributed by atoms with Gasteiger partial charge in [-0.25, -0.2) is 20.0 Å². The second-order valence-corrected chi connectivity index (χ2v) is 11.4. The maximum absolute atomic E-state index is 6.35. The number of nitrogens with zero attached hydrogens (tertiary/aromatic N) is 7. The number of hydrogen-bond acceptors (Lipinski definition) is 11. The Bertz CT molecular complexity index is 1610. The van der Waals surface area contributed by atoms with Gasteiger partial charge >= 0.3 is 12.0 Å². The van der Waals surface area contributed by atoms with E-state index in [1.54, 1.807) is 12.4 Å². The first-order valence-corrected chi connectivity index (χ1v) is 15.3. The topological polar surface area (TPSA) is 109 Å². The number of rotatable bonds is 9. The van der Waals surface area contributed by atoms with Crippen LogP contribution in [-0.2, 0) is 6.54 Å². The molecule has 0 bridgehead atoms. The molecular formula is C32H38N8O3. The van der Waals surface area contributed by atoms with Crippen molar-refractivity contribution in [1.82, 2.24) is 30.2 Å². The predicted molar refractivity (Wildman–Crippen MR) is 165 cm³/mol. The van der Waals surface area contributed by atoms with Crippen LogP contribution in [0, 0.1) is 6.92 Å². The van der Waals surface area contributed by atoms with Crippen molar-refractivity contribution >= 4 is 34.5 Å². The summed E-state index contributed by atoms with van der Waals surface area (Å²) in [5.74, 6) is 0.969. The lowest BCUT2D eigenvalue weighted by Crippen LogP contribution is -2.59. The van der Waals surface area contributed by atoms with Gasteiger partial charge in [0.2, 0.25) is 11.4 Å². The van der Waals surface area contributed by atoms with E-state index in [9.17, 15) is 0 Å². The number of likely N-dealkylation sites (tertiary alicyclic amines) is 1. The highest BCUT2D eigenvalue weighted by Gasteiger charge is 2.39. The van der Waals surface area contributed by atoms with Crippen LogP contribution in [0.1, 0.15) is 43.7 Å². The lowest BCUT2D eigenvalue weighted by molar-refractivity contribution is 0.194. The molecule has 5 aromatic rings. The van der Waals surface area contributed by atoms with Crippen LogP contribution in [-0.4, -0.2) is 69.7 Å². The molecule has 224 valence electrons. The number of piperidine rings is 2. The van der Waals surface area contributed by atoms with E-state index in [2.05, 4.69) is 55.3 Å². The first-order chi connectivity index (χ1) is 21.2. The van der Waals surface area contributed by atoms with Crippen molar-refractivity contribution in [3.63, 3.8) is 0 Å². The summed E-state index contributed by atoms with van der Waals surface area (Å²) in [6.07, 6.45) is 7.20. The summed E-state index contributed by atoms with van der Waals surface area (Å²) >= 11 is 0. The van der Waals surface area contributed by atoms with Gasteiger partial charge in [-0.05, 0) is 94.1 Å². The van der Waals surface area contributed by atoms with E-state index in [0.717, 1.165) is 75.2 Å². The fourth-order valence-electron chi connectivity index (χ4n) is 6.25. The van der Waals surface area contributed by atoms with Crippen molar-refractivity contribution in [2.45, 2.75) is 58.2 Å². The number of hydrogen-bond donors (Lipinski definition) is 1. The molecule has 2 aliphatic rings. The standard InChI is InChI=1S/C32H38N8O3/c1-3-41-28-20-23(9-8-22(28)2)21-38-18-12-25(13-19-38)40(32-37-27-7-5-15-35-30(27)43-32)39(24-10-16-33-17-11-24)31-36-26-6-4-14-34-29(26)42-31/h4-9,14-15,20,24-25,33H,3,10-13,16-19,21H2,1-2H3. The normalized spacial score (nSPS) is 17.1. The number of ether oxygens (including phenoxy) is 1. The molecule has 2 aliphatic heterocycles. The fourth-order valence-corrected chi connectivity index (χ4v) is 6.25. The highest BCUT2D eigenvalue weighted by molar-refractivity contribution is 5.72. The zero-order valence-corrected chi connectivity index (χ0v) is 24.8. The molecule has 0 aliphatic carbocycles. The molecule has 0 unspecified atom stereocenters. The van der Waals surface area contributed by atoms with Crippen molar-refractivity contribution in [3.05, 3.63) is 66.0 Å². The minimum Gasteiger partial charge on any atom is -0.494 e. The number of fused-ring (bicyclic) bond motifs is 2. The molecule has 0 atom stereocenters. The molecule has 1 aromatic carbocycles. The molecule has 0 saturated carbocycles. The Kier molecular flexibility index (Phi) is 7.82. The number of aryl methyl sites for hydroxylation is 1. The average molecular weight is 583 g/mol. The highest BCUT2D eigenvalue weighted by atomic mass is 16.5. The summed E-state index contributed by atoms with van der Waals surface area (Å²) in [6.45, 7) is 9.38. The number of nitrogens with one attached hydrogen (secondary N) is 1. The van der Waals surface area contributed by atoms with Gasteiger partial charge in [0.15, 0.2) is 0 Å². The summed E-state index contributed by atoms with van der Waals surface area (Å²) in [5, 5.41) is 7.90. The van der Waals surface area contributed by atoms with E-state index in [0.29, 0.717) is 30.1 Å². The molecule has 1 N–H and O–H groups in total. The van der Waals surface area contributed by atoms with Gasteiger partial charge in [-0.2, -0.15) is 9.97 Å². The van der Waals surface area contributed by atoms with E-state index in [-0.39, 0.29) is 12.1 Å². The van der Waals surface area contributed by atoms with Crippen LogP contribution in [0.15, 0.2) is 63.7 Å². The summed E-state index contributed by atoms with van der Waals surface area (Å²) in [6, 6.07) is 15.5. The highest BCUT2D eigenvalue weighted by Crippen LogP contribution is 2.35. The molecule has 0 radical (unpaired) electrons. The van der Waals surface area contributed by atoms with Crippen molar-refractivity contribution in [3.8, 4) is 5.75 Å². The predicted octanol–water partition coefficient (Wildman–Crippen LogP) is 5.11. The van der Waals surface area contributed by atoms with Gasteiger partial charge in [0.05, 0.1) is 18.7 Å².